The molecule has 0 aromatic rings. The first kappa shape index (κ1) is 22.7. The van der Waals surface area contributed by atoms with Crippen LogP contribution in [0.5, 0.6) is 0 Å². The second-order valence-electron chi connectivity index (χ2n) is 6.69. The van der Waals surface area contributed by atoms with Crippen LogP contribution in [0.3, 0.4) is 0 Å². The van der Waals surface area contributed by atoms with Gasteiger partial charge in [0.15, 0.2) is 11.7 Å². The van der Waals surface area contributed by atoms with Crippen molar-refractivity contribution < 1.29 is 30.9 Å². The fourth-order valence-electron chi connectivity index (χ4n) is 3.34. The molecule has 2 saturated carbocycles. The summed E-state index contributed by atoms with van der Waals surface area (Å²) < 4.78 is 57.5. The Morgan fingerprint density at radius 3 is 2.08 bits per heavy atom. The molecular weight excluding hydrogens is 375 g/mol. The van der Waals surface area contributed by atoms with Crippen molar-refractivity contribution in [3.05, 3.63) is 0 Å². The second-order valence-corrected chi connectivity index (χ2v) is 8.10. The van der Waals surface area contributed by atoms with Crippen molar-refractivity contribution in [2.24, 2.45) is 11.7 Å². The monoisotopic (exact) mass is 401 g/mol. The zero-order valence-electron chi connectivity index (χ0n) is 14.5. The lowest BCUT2D eigenvalue weighted by Crippen LogP contribution is -2.51. The van der Waals surface area contributed by atoms with Crippen molar-refractivity contribution in [1.82, 2.24) is 4.90 Å². The Kier molecular flexibility index (Phi) is 8.32. The Hall–Kier alpha value is -1.36. The van der Waals surface area contributed by atoms with Crippen molar-refractivity contribution in [3.8, 4) is 0 Å². The van der Waals surface area contributed by atoms with Crippen LogP contribution in [0.4, 0.5) is 13.2 Å². The molecule has 0 aliphatic heterocycles. The molecule has 7 nitrogen and oxygen atoms in total. The van der Waals surface area contributed by atoms with Crippen LogP contribution in [0, 0.1) is 11.3 Å². The Labute approximate surface area is 151 Å². The number of nitrogens with two attached hydrogens (primary N) is 1. The highest BCUT2D eigenvalue weighted by Gasteiger charge is 2.44. The number of halogens is 3. The zero-order valence-corrected chi connectivity index (χ0v) is 15.3. The van der Waals surface area contributed by atoms with Crippen molar-refractivity contribution in [2.75, 3.05) is 6.54 Å². The van der Waals surface area contributed by atoms with E-state index in [1.165, 1.54) is 32.1 Å². The number of nitrogens with zero attached hydrogens (tertiary/aromatic N) is 1. The van der Waals surface area contributed by atoms with Gasteiger partial charge in [-0.1, -0.05) is 25.7 Å². The average molecular weight is 401 g/mol. The molecule has 152 valence electrons. The van der Waals surface area contributed by atoms with E-state index in [0.717, 1.165) is 25.8 Å². The standard InChI is InChI=1S/C14H25N3O.CHF3O3S/c15-14(16)17(10-11-6-2-1-3-7-11)12-8-4-5-9-13(12)18;2-1(3,4)8(5,6)7/h11-12H,1-10H2,(H3,15,16);(H,5,6,7). The lowest BCUT2D eigenvalue weighted by molar-refractivity contribution is -0.124. The first-order valence-corrected chi connectivity index (χ1v) is 10.0. The number of ketones is 1. The topological polar surface area (TPSA) is 125 Å². The van der Waals surface area contributed by atoms with Gasteiger partial charge in [-0.3, -0.25) is 14.8 Å². The summed E-state index contributed by atoms with van der Waals surface area (Å²) in [6.07, 6.45) is 10.00. The summed E-state index contributed by atoms with van der Waals surface area (Å²) in [6.45, 7) is 0.811. The smallest absolute Gasteiger partial charge is 0.370 e. The number of nitrogens with one attached hydrogen (secondary N) is 1. The highest BCUT2D eigenvalue weighted by atomic mass is 32.2. The quantitative estimate of drug-likeness (QED) is 0.289. The van der Waals surface area contributed by atoms with Gasteiger partial charge in [-0.05, 0) is 31.6 Å². The summed E-state index contributed by atoms with van der Waals surface area (Å²) in [7, 11) is -5.84. The van der Waals surface area contributed by atoms with Crippen molar-refractivity contribution >= 4 is 21.9 Å². The summed E-state index contributed by atoms with van der Waals surface area (Å²) >= 11 is 0. The van der Waals surface area contributed by atoms with E-state index in [1.807, 2.05) is 4.90 Å². The molecule has 4 N–H and O–H groups in total. The van der Waals surface area contributed by atoms with Gasteiger partial charge in [-0.15, -0.1) is 0 Å². The zero-order chi connectivity index (χ0) is 20.0. The van der Waals surface area contributed by atoms with Gasteiger partial charge >= 0.3 is 15.6 Å². The van der Waals surface area contributed by atoms with E-state index in [1.54, 1.807) is 0 Å². The molecule has 0 saturated heterocycles. The molecule has 0 spiro atoms. The maximum absolute atomic E-state index is 12.0. The molecule has 26 heavy (non-hydrogen) atoms. The lowest BCUT2D eigenvalue weighted by Gasteiger charge is -2.36. The first-order chi connectivity index (χ1) is 11.9. The summed E-state index contributed by atoms with van der Waals surface area (Å²) in [4.78, 5) is 13.9. The van der Waals surface area contributed by atoms with Gasteiger partial charge in [0.05, 0.1) is 6.04 Å². The van der Waals surface area contributed by atoms with E-state index in [9.17, 15) is 18.0 Å². The largest absolute Gasteiger partial charge is 0.522 e. The van der Waals surface area contributed by atoms with Crippen LogP contribution in [0.15, 0.2) is 0 Å². The molecule has 1 unspecified atom stereocenters. The third kappa shape index (κ3) is 7.10. The third-order valence-corrected chi connectivity index (χ3v) is 5.27. The van der Waals surface area contributed by atoms with Crippen LogP contribution in [0.2, 0.25) is 0 Å². The molecule has 11 heteroatoms. The Bertz CT molecular complexity index is 589. The van der Waals surface area contributed by atoms with Gasteiger partial charge in [-0.2, -0.15) is 21.6 Å². The minimum absolute atomic E-state index is 0.0841. The molecule has 1 atom stereocenters. The van der Waals surface area contributed by atoms with Gasteiger partial charge in [0.1, 0.15) is 0 Å². The molecule has 0 aromatic carbocycles. The molecule has 0 aromatic heterocycles. The number of guanidine groups is 1. The third-order valence-electron chi connectivity index (χ3n) is 4.68. The van der Waals surface area contributed by atoms with Gasteiger partial charge in [0.25, 0.3) is 0 Å². The van der Waals surface area contributed by atoms with E-state index < -0.39 is 15.6 Å². The van der Waals surface area contributed by atoms with Gasteiger partial charge in [0, 0.05) is 13.0 Å². The summed E-state index contributed by atoms with van der Waals surface area (Å²) in [5.41, 5.74) is 0.169. The predicted molar refractivity (Wildman–Crippen MR) is 90.1 cm³/mol. The van der Waals surface area contributed by atoms with Crippen molar-refractivity contribution in [1.29, 1.82) is 5.41 Å². The highest BCUT2D eigenvalue weighted by Crippen LogP contribution is 2.27. The number of hydrogen-bond acceptors (Lipinski definition) is 4. The summed E-state index contributed by atoms with van der Waals surface area (Å²) in [5.74, 6) is 0.991. The fourth-order valence-corrected chi connectivity index (χ4v) is 3.34. The average Bonchev–Trinajstić information content (AvgIpc) is 2.53. The molecular formula is C15H26F3N3O4S. The summed E-state index contributed by atoms with van der Waals surface area (Å²) in [5, 5.41) is 7.75. The molecule has 2 rings (SSSR count). The number of rotatable bonds is 3. The molecule has 2 fully saturated rings. The number of Topliss-reactive ketones (excluding diaryl/α,β-unsaturated/α-hetero) is 1. The highest BCUT2D eigenvalue weighted by molar-refractivity contribution is 7.86. The second kappa shape index (κ2) is 9.54. The molecule has 0 bridgehead atoms. The first-order valence-electron chi connectivity index (χ1n) is 8.60. The predicted octanol–water partition coefficient (Wildman–Crippen LogP) is 2.67. The van der Waals surface area contributed by atoms with Crippen LogP contribution >= 0.6 is 0 Å². The van der Waals surface area contributed by atoms with Crippen LogP contribution in [0.25, 0.3) is 0 Å². The maximum atomic E-state index is 12.0. The van der Waals surface area contributed by atoms with E-state index >= 15 is 0 Å². The molecule has 0 heterocycles. The van der Waals surface area contributed by atoms with E-state index in [4.69, 9.17) is 24.1 Å². The van der Waals surface area contributed by atoms with E-state index in [-0.39, 0.29) is 17.8 Å². The van der Waals surface area contributed by atoms with Crippen LogP contribution < -0.4 is 5.73 Å². The van der Waals surface area contributed by atoms with Crippen molar-refractivity contribution in [3.63, 3.8) is 0 Å². The SMILES string of the molecule is N=C(N)N(CC1CCCCC1)C1CCCCC1=O.O=S(=O)(O)C(F)(F)F. The normalized spacial score (nSPS) is 22.3. The van der Waals surface area contributed by atoms with E-state index in [0.29, 0.717) is 12.3 Å². The Balaban J connectivity index is 0.000000359. The minimum Gasteiger partial charge on any atom is -0.370 e. The minimum atomic E-state index is -5.84. The maximum Gasteiger partial charge on any atom is 0.522 e. The van der Waals surface area contributed by atoms with Crippen molar-refractivity contribution in [2.45, 2.75) is 69.3 Å². The van der Waals surface area contributed by atoms with Crippen LogP contribution in [0.1, 0.15) is 57.8 Å². The molecule has 2 aliphatic rings. The number of carbonyl (C=O) groups excluding carboxylic acids is 1. The molecule has 0 amide bonds. The molecule has 0 radical (unpaired) electrons. The fraction of sp³-hybridized carbons (Fsp3) is 0.867. The Morgan fingerprint density at radius 2 is 1.65 bits per heavy atom. The van der Waals surface area contributed by atoms with E-state index in [2.05, 4.69) is 0 Å². The molecule has 2 aliphatic carbocycles. The number of carbonyl (C=O) groups is 1. The Morgan fingerprint density at radius 1 is 1.15 bits per heavy atom. The van der Waals surface area contributed by atoms with Gasteiger partial charge < -0.3 is 10.6 Å². The summed E-state index contributed by atoms with van der Waals surface area (Å²) in [6, 6.07) is -0.113. The number of hydrogen-bond donors (Lipinski definition) is 3. The van der Waals surface area contributed by atoms with Gasteiger partial charge in [-0.25, -0.2) is 0 Å². The van der Waals surface area contributed by atoms with Crippen LogP contribution in [-0.4, -0.2) is 47.7 Å². The van der Waals surface area contributed by atoms with Gasteiger partial charge in [0.2, 0.25) is 0 Å². The number of alkyl halides is 3. The van der Waals surface area contributed by atoms with Crippen LogP contribution in [-0.2, 0) is 14.9 Å². The lowest BCUT2D eigenvalue weighted by atomic mass is 9.87.